The summed E-state index contributed by atoms with van der Waals surface area (Å²) in [6.45, 7) is 1.06. The van der Waals surface area contributed by atoms with Crippen LogP contribution in [0.2, 0.25) is 0 Å². The molecule has 2 aromatic heterocycles. The first-order chi connectivity index (χ1) is 10.8. The molecule has 1 aliphatic rings. The van der Waals surface area contributed by atoms with Crippen LogP contribution in [0.1, 0.15) is 6.04 Å². The number of nitrogens with zero attached hydrogens (tertiary/aromatic N) is 5. The second kappa shape index (κ2) is 5.30. The van der Waals surface area contributed by atoms with E-state index in [1.54, 1.807) is 23.1 Å². The fourth-order valence-corrected chi connectivity index (χ4v) is 2.66. The lowest BCUT2D eigenvalue weighted by Crippen LogP contribution is -2.31. The van der Waals surface area contributed by atoms with Gasteiger partial charge in [-0.1, -0.05) is 5.21 Å². The van der Waals surface area contributed by atoms with Gasteiger partial charge >= 0.3 is 0 Å². The summed E-state index contributed by atoms with van der Waals surface area (Å²) in [6, 6.07) is 4.44. The SMILES string of the molecule is Fc1ccc2ncnc(N[C@H]3COC[C@H]3n3ccnn3)c2c1. The Bertz CT molecular complexity index is 793. The summed E-state index contributed by atoms with van der Waals surface area (Å²) in [7, 11) is 0. The molecule has 0 unspecified atom stereocenters. The summed E-state index contributed by atoms with van der Waals surface area (Å²) < 4.78 is 20.8. The van der Waals surface area contributed by atoms with E-state index in [9.17, 15) is 4.39 Å². The molecule has 0 aliphatic carbocycles. The second-order valence-electron chi connectivity index (χ2n) is 5.12. The Labute approximate surface area is 125 Å². The number of nitrogens with one attached hydrogen (secondary N) is 1. The van der Waals surface area contributed by atoms with E-state index in [-0.39, 0.29) is 17.9 Å². The van der Waals surface area contributed by atoms with Gasteiger partial charge in [0.2, 0.25) is 0 Å². The average Bonchev–Trinajstić information content (AvgIpc) is 3.18. The predicted octanol–water partition coefficient (Wildman–Crippen LogP) is 1.41. The number of hydrogen-bond acceptors (Lipinski definition) is 6. The van der Waals surface area contributed by atoms with E-state index in [0.717, 1.165) is 0 Å². The molecule has 3 heterocycles. The third-order valence-corrected chi connectivity index (χ3v) is 3.75. The minimum absolute atomic E-state index is 0.0149. The van der Waals surface area contributed by atoms with Crippen LogP contribution in [0.15, 0.2) is 36.9 Å². The Morgan fingerprint density at radius 1 is 1.27 bits per heavy atom. The summed E-state index contributed by atoms with van der Waals surface area (Å²) in [6.07, 6.45) is 4.89. The van der Waals surface area contributed by atoms with E-state index in [2.05, 4.69) is 25.6 Å². The highest BCUT2D eigenvalue weighted by Gasteiger charge is 2.31. The molecule has 4 rings (SSSR count). The van der Waals surface area contributed by atoms with Gasteiger partial charge in [0, 0.05) is 11.6 Å². The van der Waals surface area contributed by atoms with Crippen LogP contribution < -0.4 is 5.32 Å². The number of aromatic nitrogens is 5. The Morgan fingerprint density at radius 2 is 2.23 bits per heavy atom. The average molecular weight is 300 g/mol. The quantitative estimate of drug-likeness (QED) is 0.788. The lowest BCUT2D eigenvalue weighted by atomic mass is 10.1. The van der Waals surface area contributed by atoms with Crippen molar-refractivity contribution in [1.29, 1.82) is 0 Å². The van der Waals surface area contributed by atoms with Crippen molar-refractivity contribution >= 4 is 16.7 Å². The topological polar surface area (TPSA) is 77.8 Å². The zero-order chi connectivity index (χ0) is 14.9. The van der Waals surface area contributed by atoms with Gasteiger partial charge in [-0.3, -0.25) is 0 Å². The van der Waals surface area contributed by atoms with Gasteiger partial charge in [-0.15, -0.1) is 5.10 Å². The molecule has 0 bridgehead atoms. The fourth-order valence-electron chi connectivity index (χ4n) is 2.66. The number of anilines is 1. The summed E-state index contributed by atoms with van der Waals surface area (Å²) in [5.74, 6) is 0.269. The van der Waals surface area contributed by atoms with Gasteiger partial charge in [0.05, 0.1) is 37.0 Å². The minimum Gasteiger partial charge on any atom is -0.377 e. The molecule has 0 spiro atoms. The smallest absolute Gasteiger partial charge is 0.137 e. The molecule has 1 aliphatic heterocycles. The molecule has 1 fully saturated rings. The zero-order valence-corrected chi connectivity index (χ0v) is 11.6. The van der Waals surface area contributed by atoms with Crippen LogP contribution in [-0.2, 0) is 4.74 Å². The maximum Gasteiger partial charge on any atom is 0.137 e. The van der Waals surface area contributed by atoms with Gasteiger partial charge in [-0.2, -0.15) is 0 Å². The standard InChI is InChI=1S/C14H13FN6O/c15-9-1-2-11-10(5-9)14(17-8-16-11)19-12-6-22-7-13(12)21-4-3-18-20-21/h1-5,8,12-13H,6-7H2,(H,16,17,19)/t12-,13+/m0/s1. The number of hydrogen-bond donors (Lipinski definition) is 1. The van der Waals surface area contributed by atoms with E-state index in [1.165, 1.54) is 18.5 Å². The van der Waals surface area contributed by atoms with Crippen molar-refractivity contribution < 1.29 is 9.13 Å². The molecule has 2 atom stereocenters. The molecular formula is C14H13FN6O. The first-order valence-corrected chi connectivity index (χ1v) is 6.91. The number of fused-ring (bicyclic) bond motifs is 1. The van der Waals surface area contributed by atoms with Crippen LogP contribution in [0.3, 0.4) is 0 Å². The van der Waals surface area contributed by atoms with E-state index >= 15 is 0 Å². The van der Waals surface area contributed by atoms with Crippen molar-refractivity contribution in [2.75, 3.05) is 18.5 Å². The van der Waals surface area contributed by atoms with Crippen LogP contribution in [0.25, 0.3) is 10.9 Å². The maximum absolute atomic E-state index is 13.5. The highest BCUT2D eigenvalue weighted by atomic mass is 19.1. The molecule has 0 saturated carbocycles. The number of halogens is 1. The first kappa shape index (κ1) is 13.1. The lowest BCUT2D eigenvalue weighted by Gasteiger charge is -2.20. The first-order valence-electron chi connectivity index (χ1n) is 6.91. The van der Waals surface area contributed by atoms with E-state index in [4.69, 9.17) is 4.74 Å². The van der Waals surface area contributed by atoms with Gasteiger partial charge in [0.1, 0.15) is 18.0 Å². The molecule has 1 saturated heterocycles. The van der Waals surface area contributed by atoms with Crippen LogP contribution in [-0.4, -0.2) is 44.2 Å². The van der Waals surface area contributed by atoms with Crippen LogP contribution >= 0.6 is 0 Å². The lowest BCUT2D eigenvalue weighted by molar-refractivity contribution is 0.183. The maximum atomic E-state index is 13.5. The predicted molar refractivity (Wildman–Crippen MR) is 76.8 cm³/mol. The van der Waals surface area contributed by atoms with E-state index in [0.29, 0.717) is 29.9 Å². The number of rotatable bonds is 3. The molecule has 8 heteroatoms. The number of ether oxygens (including phenoxy) is 1. The van der Waals surface area contributed by atoms with Crippen molar-refractivity contribution in [3.8, 4) is 0 Å². The molecule has 112 valence electrons. The molecule has 1 N–H and O–H groups in total. The third-order valence-electron chi connectivity index (χ3n) is 3.75. The second-order valence-corrected chi connectivity index (χ2v) is 5.12. The third kappa shape index (κ3) is 2.27. The van der Waals surface area contributed by atoms with Crippen molar-refractivity contribution in [2.45, 2.75) is 12.1 Å². The van der Waals surface area contributed by atoms with Crippen molar-refractivity contribution in [2.24, 2.45) is 0 Å². The van der Waals surface area contributed by atoms with E-state index in [1.807, 2.05) is 0 Å². The normalized spacial score (nSPS) is 21.3. The fraction of sp³-hybridized carbons (Fsp3) is 0.286. The Kier molecular flexibility index (Phi) is 3.15. The summed E-state index contributed by atoms with van der Waals surface area (Å²) in [5.41, 5.74) is 0.690. The van der Waals surface area contributed by atoms with Crippen molar-refractivity contribution in [3.63, 3.8) is 0 Å². The molecule has 3 aromatic rings. The largest absolute Gasteiger partial charge is 0.377 e. The number of benzene rings is 1. The van der Waals surface area contributed by atoms with Gasteiger partial charge < -0.3 is 10.1 Å². The molecule has 7 nitrogen and oxygen atoms in total. The summed E-state index contributed by atoms with van der Waals surface area (Å²) >= 11 is 0. The highest BCUT2D eigenvalue weighted by Crippen LogP contribution is 2.25. The van der Waals surface area contributed by atoms with Gasteiger partial charge in [-0.05, 0) is 18.2 Å². The Hall–Kier alpha value is -2.61. The Balaban J connectivity index is 1.67. The van der Waals surface area contributed by atoms with Crippen LogP contribution in [0, 0.1) is 5.82 Å². The molecular weight excluding hydrogens is 287 g/mol. The Morgan fingerprint density at radius 3 is 3.09 bits per heavy atom. The van der Waals surface area contributed by atoms with Crippen molar-refractivity contribution in [1.82, 2.24) is 25.0 Å². The molecule has 22 heavy (non-hydrogen) atoms. The van der Waals surface area contributed by atoms with E-state index < -0.39 is 0 Å². The molecule has 1 aromatic carbocycles. The zero-order valence-electron chi connectivity index (χ0n) is 11.6. The molecule has 0 amide bonds. The molecule has 0 radical (unpaired) electrons. The highest BCUT2D eigenvalue weighted by molar-refractivity contribution is 5.88. The minimum atomic E-state index is -0.319. The van der Waals surface area contributed by atoms with Gasteiger partial charge in [-0.25, -0.2) is 19.0 Å². The summed E-state index contributed by atoms with van der Waals surface area (Å²) in [4.78, 5) is 8.39. The summed E-state index contributed by atoms with van der Waals surface area (Å²) in [5, 5.41) is 11.8. The van der Waals surface area contributed by atoms with Gasteiger partial charge in [0.15, 0.2) is 0 Å². The monoisotopic (exact) mass is 300 g/mol. The van der Waals surface area contributed by atoms with Crippen LogP contribution in [0.4, 0.5) is 10.2 Å². The van der Waals surface area contributed by atoms with Crippen molar-refractivity contribution in [3.05, 3.63) is 42.7 Å². The van der Waals surface area contributed by atoms with Crippen LogP contribution in [0.5, 0.6) is 0 Å². The van der Waals surface area contributed by atoms with Gasteiger partial charge in [0.25, 0.3) is 0 Å².